The fraction of sp³-hybridized carbons (Fsp3) is 0.308. The van der Waals surface area contributed by atoms with E-state index in [0.717, 1.165) is 5.56 Å². The molecule has 1 aromatic rings. The molecule has 0 amide bonds. The van der Waals surface area contributed by atoms with Crippen molar-refractivity contribution in [1.82, 2.24) is 0 Å². The minimum atomic E-state index is -0.614. The molecular formula is C13H15NO2S. The summed E-state index contributed by atoms with van der Waals surface area (Å²) in [4.78, 5) is 11.5. The smallest absolute Gasteiger partial charge is 0.324 e. The molecule has 17 heavy (non-hydrogen) atoms. The number of esters is 1. The Morgan fingerprint density at radius 2 is 2.18 bits per heavy atom. The highest BCUT2D eigenvalue weighted by molar-refractivity contribution is 7.99. The Balaban J connectivity index is 2.27. The summed E-state index contributed by atoms with van der Waals surface area (Å²) in [5, 5.41) is 0. The number of benzene rings is 1. The molecule has 0 aromatic heterocycles. The van der Waals surface area contributed by atoms with Crippen LogP contribution in [0.1, 0.15) is 5.56 Å². The molecule has 1 rings (SSSR count). The number of carbonyl (C=O) groups is 1. The van der Waals surface area contributed by atoms with E-state index in [1.54, 1.807) is 0 Å². The van der Waals surface area contributed by atoms with E-state index in [-0.39, 0.29) is 6.61 Å². The summed E-state index contributed by atoms with van der Waals surface area (Å²) in [6.45, 7) is 0.257. The van der Waals surface area contributed by atoms with E-state index in [1.165, 1.54) is 11.8 Å². The molecule has 2 N–H and O–H groups in total. The summed E-state index contributed by atoms with van der Waals surface area (Å²) in [5.41, 5.74) is 6.61. The average Bonchev–Trinajstić information content (AvgIpc) is 2.37. The molecular weight excluding hydrogens is 234 g/mol. The van der Waals surface area contributed by atoms with Gasteiger partial charge in [-0.05, 0) is 5.56 Å². The van der Waals surface area contributed by atoms with Crippen molar-refractivity contribution in [1.29, 1.82) is 0 Å². The van der Waals surface area contributed by atoms with E-state index < -0.39 is 12.0 Å². The van der Waals surface area contributed by atoms with Crippen molar-refractivity contribution in [3.8, 4) is 12.3 Å². The first kappa shape index (κ1) is 13.6. The second kappa shape index (κ2) is 7.77. The number of hydrogen-bond acceptors (Lipinski definition) is 4. The minimum Gasteiger partial charge on any atom is -0.460 e. The largest absolute Gasteiger partial charge is 0.460 e. The van der Waals surface area contributed by atoms with E-state index in [1.807, 2.05) is 30.3 Å². The summed E-state index contributed by atoms with van der Waals surface area (Å²) in [5.74, 6) is 3.12. The van der Waals surface area contributed by atoms with Crippen LogP contribution in [0.3, 0.4) is 0 Å². The predicted octanol–water partition coefficient (Wildman–Crippen LogP) is 1.42. The summed E-state index contributed by atoms with van der Waals surface area (Å²) in [6.07, 6.45) is 5.10. The number of ether oxygens (including phenoxy) is 1. The molecule has 1 atom stereocenters. The van der Waals surface area contributed by atoms with Crippen LogP contribution in [0.5, 0.6) is 0 Å². The number of hydrogen-bond donors (Lipinski definition) is 1. The number of nitrogens with two attached hydrogens (primary N) is 1. The third kappa shape index (κ3) is 5.43. The Morgan fingerprint density at radius 1 is 1.47 bits per heavy atom. The number of thioether (sulfide) groups is 1. The lowest BCUT2D eigenvalue weighted by Gasteiger charge is -2.10. The van der Waals surface area contributed by atoms with Crippen LogP contribution in [0.4, 0.5) is 0 Å². The van der Waals surface area contributed by atoms with Gasteiger partial charge in [-0.15, -0.1) is 18.2 Å². The average molecular weight is 249 g/mol. The second-order valence-corrected chi connectivity index (χ2v) is 4.45. The topological polar surface area (TPSA) is 52.3 Å². The van der Waals surface area contributed by atoms with E-state index in [2.05, 4.69) is 5.92 Å². The van der Waals surface area contributed by atoms with Gasteiger partial charge in [0.05, 0.1) is 5.75 Å². The van der Waals surface area contributed by atoms with Crippen LogP contribution in [0, 0.1) is 12.3 Å². The Morgan fingerprint density at radius 3 is 2.82 bits per heavy atom. The normalized spacial score (nSPS) is 11.5. The van der Waals surface area contributed by atoms with Crippen molar-refractivity contribution in [2.24, 2.45) is 5.73 Å². The first-order valence-corrected chi connectivity index (χ1v) is 6.37. The zero-order chi connectivity index (χ0) is 12.5. The Bertz CT molecular complexity index is 386. The monoisotopic (exact) mass is 249 g/mol. The fourth-order valence-electron chi connectivity index (χ4n) is 1.15. The van der Waals surface area contributed by atoms with E-state index in [0.29, 0.717) is 11.5 Å². The molecule has 0 aliphatic rings. The van der Waals surface area contributed by atoms with Gasteiger partial charge in [-0.2, -0.15) is 0 Å². The van der Waals surface area contributed by atoms with Crippen LogP contribution in [0.25, 0.3) is 0 Å². The molecule has 0 saturated carbocycles. The first-order chi connectivity index (χ1) is 8.24. The maximum Gasteiger partial charge on any atom is 0.324 e. The fourth-order valence-corrected chi connectivity index (χ4v) is 1.77. The highest BCUT2D eigenvalue weighted by Gasteiger charge is 2.14. The van der Waals surface area contributed by atoms with Gasteiger partial charge in [-0.25, -0.2) is 0 Å². The molecule has 0 radical (unpaired) electrons. The molecule has 0 heterocycles. The van der Waals surface area contributed by atoms with Crippen molar-refractivity contribution in [3.05, 3.63) is 35.9 Å². The molecule has 0 aliphatic heterocycles. The molecule has 1 unspecified atom stereocenters. The lowest BCUT2D eigenvalue weighted by molar-refractivity contribution is -0.145. The summed E-state index contributed by atoms with van der Waals surface area (Å²) in [6, 6.07) is 8.88. The zero-order valence-corrected chi connectivity index (χ0v) is 10.3. The van der Waals surface area contributed by atoms with E-state index in [9.17, 15) is 4.79 Å². The van der Waals surface area contributed by atoms with Crippen LogP contribution in [-0.2, 0) is 16.1 Å². The standard InChI is InChI=1S/C13H15NO2S/c1-2-8-17-10-12(14)13(15)16-9-11-6-4-3-5-7-11/h1,3-7,12H,8-10,14H2. The summed E-state index contributed by atoms with van der Waals surface area (Å²) in [7, 11) is 0. The Kier molecular flexibility index (Phi) is 6.23. The van der Waals surface area contributed by atoms with Crippen LogP contribution in [-0.4, -0.2) is 23.5 Å². The molecule has 0 aliphatic carbocycles. The molecule has 0 fully saturated rings. The Labute approximate surface area is 106 Å². The highest BCUT2D eigenvalue weighted by atomic mass is 32.2. The number of carbonyl (C=O) groups excluding carboxylic acids is 1. The van der Waals surface area contributed by atoms with Gasteiger partial charge in [0.2, 0.25) is 0 Å². The maximum atomic E-state index is 11.5. The van der Waals surface area contributed by atoms with Crippen LogP contribution in [0.2, 0.25) is 0 Å². The van der Waals surface area contributed by atoms with Crippen molar-refractivity contribution in [2.75, 3.05) is 11.5 Å². The van der Waals surface area contributed by atoms with Gasteiger partial charge < -0.3 is 10.5 Å². The van der Waals surface area contributed by atoms with Crippen LogP contribution in [0.15, 0.2) is 30.3 Å². The van der Waals surface area contributed by atoms with Crippen molar-refractivity contribution >= 4 is 17.7 Å². The van der Waals surface area contributed by atoms with Crippen LogP contribution < -0.4 is 5.73 Å². The summed E-state index contributed by atoms with van der Waals surface area (Å²) < 4.78 is 5.09. The van der Waals surface area contributed by atoms with Gasteiger partial charge in [0.15, 0.2) is 0 Å². The van der Waals surface area contributed by atoms with Crippen molar-refractivity contribution < 1.29 is 9.53 Å². The lowest BCUT2D eigenvalue weighted by atomic mass is 10.2. The van der Waals surface area contributed by atoms with Crippen molar-refractivity contribution in [2.45, 2.75) is 12.6 Å². The quantitative estimate of drug-likeness (QED) is 0.471. The molecule has 4 heteroatoms. The molecule has 0 bridgehead atoms. The zero-order valence-electron chi connectivity index (χ0n) is 9.46. The molecule has 90 valence electrons. The first-order valence-electron chi connectivity index (χ1n) is 5.21. The van der Waals surface area contributed by atoms with Gasteiger partial charge in [-0.1, -0.05) is 36.3 Å². The SMILES string of the molecule is C#CCSCC(N)C(=O)OCc1ccccc1. The molecule has 3 nitrogen and oxygen atoms in total. The molecule has 1 aromatic carbocycles. The molecule has 0 spiro atoms. The number of terminal acetylenes is 1. The van der Waals surface area contributed by atoms with Gasteiger partial charge >= 0.3 is 5.97 Å². The predicted molar refractivity (Wildman–Crippen MR) is 70.4 cm³/mol. The minimum absolute atomic E-state index is 0.257. The highest BCUT2D eigenvalue weighted by Crippen LogP contribution is 2.04. The van der Waals surface area contributed by atoms with E-state index in [4.69, 9.17) is 16.9 Å². The van der Waals surface area contributed by atoms with Gasteiger partial charge in [0.1, 0.15) is 12.6 Å². The van der Waals surface area contributed by atoms with Gasteiger partial charge in [0, 0.05) is 5.75 Å². The van der Waals surface area contributed by atoms with E-state index >= 15 is 0 Å². The van der Waals surface area contributed by atoms with Crippen molar-refractivity contribution in [3.63, 3.8) is 0 Å². The lowest BCUT2D eigenvalue weighted by Crippen LogP contribution is -2.34. The maximum absolute atomic E-state index is 11.5. The number of rotatable bonds is 6. The second-order valence-electron chi connectivity index (χ2n) is 3.42. The summed E-state index contributed by atoms with van der Waals surface area (Å²) >= 11 is 1.45. The van der Waals surface area contributed by atoms with Gasteiger partial charge in [0.25, 0.3) is 0 Å². The third-order valence-electron chi connectivity index (χ3n) is 2.01. The van der Waals surface area contributed by atoms with Gasteiger partial charge in [-0.3, -0.25) is 4.79 Å². The Hall–Kier alpha value is -1.44. The molecule has 0 saturated heterocycles. The van der Waals surface area contributed by atoms with Crippen LogP contribution >= 0.6 is 11.8 Å². The third-order valence-corrected chi connectivity index (χ3v) is 2.98.